The summed E-state index contributed by atoms with van der Waals surface area (Å²) in [5.41, 5.74) is 0.476. The van der Waals surface area contributed by atoms with Crippen LogP contribution in [0.2, 0.25) is 0 Å². The quantitative estimate of drug-likeness (QED) is 0.800. The van der Waals surface area contributed by atoms with Gasteiger partial charge in [0.05, 0.1) is 16.7 Å². The Morgan fingerprint density at radius 1 is 1.29 bits per heavy atom. The maximum Gasteiger partial charge on any atom is 0.251 e. The second-order valence-corrected chi connectivity index (χ2v) is 8.66. The molecule has 0 saturated heterocycles. The minimum Gasteiger partial charge on any atom is -0.349 e. The van der Waals surface area contributed by atoms with Gasteiger partial charge in [-0.1, -0.05) is 19.8 Å². The van der Waals surface area contributed by atoms with Crippen LogP contribution in [0.25, 0.3) is 0 Å². The number of nitrogens with one attached hydrogen (secondary N) is 1. The fourth-order valence-electron chi connectivity index (χ4n) is 3.11. The summed E-state index contributed by atoms with van der Waals surface area (Å²) in [5.74, 6) is 0.430. The first-order valence-corrected chi connectivity index (χ1v) is 10.1. The predicted molar refractivity (Wildman–Crippen MR) is 92.2 cm³/mol. The molecule has 1 amide bonds. The van der Waals surface area contributed by atoms with E-state index in [-0.39, 0.29) is 29.0 Å². The Balaban J connectivity index is 1.98. The number of amides is 1. The van der Waals surface area contributed by atoms with Crippen LogP contribution in [0.3, 0.4) is 0 Å². The van der Waals surface area contributed by atoms with Crippen molar-refractivity contribution >= 4 is 15.7 Å². The largest absolute Gasteiger partial charge is 0.349 e. The Labute approximate surface area is 144 Å². The number of carbonyl (C=O) groups excluding carboxylic acids is 1. The Bertz CT molecular complexity index is 705. The van der Waals surface area contributed by atoms with Crippen molar-refractivity contribution in [3.8, 4) is 6.07 Å². The van der Waals surface area contributed by atoms with Gasteiger partial charge >= 0.3 is 0 Å². The van der Waals surface area contributed by atoms with Gasteiger partial charge in [0.1, 0.15) is 0 Å². The molecule has 2 unspecified atom stereocenters. The fraction of sp³-hybridized carbons (Fsp3) is 0.556. The van der Waals surface area contributed by atoms with Crippen molar-refractivity contribution in [2.75, 3.05) is 5.75 Å². The topological polar surface area (TPSA) is 87.0 Å². The monoisotopic (exact) mass is 348 g/mol. The SMILES string of the molecule is CC1CCCC(NC(=O)c2ccc(S(=O)(=O)CCCC#N)cc2)C1. The Kier molecular flexibility index (Phi) is 6.38. The molecule has 1 aromatic carbocycles. The summed E-state index contributed by atoms with van der Waals surface area (Å²) in [6.45, 7) is 2.20. The zero-order valence-electron chi connectivity index (χ0n) is 14.0. The number of hydrogen-bond donors (Lipinski definition) is 1. The molecule has 1 aliphatic rings. The van der Waals surface area contributed by atoms with E-state index in [1.807, 2.05) is 6.07 Å². The zero-order valence-corrected chi connectivity index (χ0v) is 14.8. The van der Waals surface area contributed by atoms with Gasteiger partial charge in [0.15, 0.2) is 9.84 Å². The average Bonchev–Trinajstić information content (AvgIpc) is 2.55. The van der Waals surface area contributed by atoms with Crippen LogP contribution in [0.5, 0.6) is 0 Å². The molecule has 24 heavy (non-hydrogen) atoms. The van der Waals surface area contributed by atoms with E-state index in [0.717, 1.165) is 19.3 Å². The Hall–Kier alpha value is -1.87. The number of rotatable bonds is 6. The molecule has 1 saturated carbocycles. The van der Waals surface area contributed by atoms with Gasteiger partial charge in [-0.15, -0.1) is 0 Å². The van der Waals surface area contributed by atoms with Crippen LogP contribution in [-0.4, -0.2) is 26.1 Å². The standard InChI is InChI=1S/C18H24N2O3S/c1-14-5-4-6-16(13-14)20-18(21)15-7-9-17(10-8-15)24(22,23)12-3-2-11-19/h7-10,14,16H,2-6,12-13H2,1H3,(H,20,21). The molecule has 0 aliphatic heterocycles. The molecule has 0 aromatic heterocycles. The van der Waals surface area contributed by atoms with Crippen molar-refractivity contribution in [1.29, 1.82) is 5.26 Å². The van der Waals surface area contributed by atoms with E-state index >= 15 is 0 Å². The summed E-state index contributed by atoms with van der Waals surface area (Å²) in [5, 5.41) is 11.5. The molecule has 130 valence electrons. The first kappa shape index (κ1) is 18.5. The highest BCUT2D eigenvalue weighted by Gasteiger charge is 2.21. The van der Waals surface area contributed by atoms with E-state index < -0.39 is 9.84 Å². The molecule has 0 bridgehead atoms. The lowest BCUT2D eigenvalue weighted by molar-refractivity contribution is 0.0921. The van der Waals surface area contributed by atoms with E-state index in [1.165, 1.54) is 18.6 Å². The molecule has 5 nitrogen and oxygen atoms in total. The van der Waals surface area contributed by atoms with Crippen LogP contribution in [-0.2, 0) is 9.84 Å². The number of nitrogens with zero attached hydrogens (tertiary/aromatic N) is 1. The van der Waals surface area contributed by atoms with Crippen molar-refractivity contribution in [3.05, 3.63) is 29.8 Å². The van der Waals surface area contributed by atoms with Crippen LogP contribution >= 0.6 is 0 Å². The molecule has 6 heteroatoms. The summed E-state index contributed by atoms with van der Waals surface area (Å²) in [6, 6.07) is 8.20. The van der Waals surface area contributed by atoms with Gasteiger partial charge in [-0.2, -0.15) is 5.26 Å². The molecular weight excluding hydrogens is 324 g/mol. The lowest BCUT2D eigenvalue weighted by Gasteiger charge is -2.27. The van der Waals surface area contributed by atoms with Gasteiger partial charge in [-0.05, 0) is 49.4 Å². The fourth-order valence-corrected chi connectivity index (χ4v) is 4.42. The van der Waals surface area contributed by atoms with E-state index in [1.54, 1.807) is 12.1 Å². The van der Waals surface area contributed by atoms with Crippen LogP contribution < -0.4 is 5.32 Å². The van der Waals surface area contributed by atoms with Crippen LogP contribution in [0.1, 0.15) is 55.8 Å². The third-order valence-electron chi connectivity index (χ3n) is 4.45. The summed E-state index contributed by atoms with van der Waals surface area (Å²) in [4.78, 5) is 12.5. The minimum atomic E-state index is -3.39. The highest BCUT2D eigenvalue weighted by molar-refractivity contribution is 7.91. The van der Waals surface area contributed by atoms with E-state index in [0.29, 0.717) is 17.9 Å². The van der Waals surface area contributed by atoms with Crippen LogP contribution in [0.15, 0.2) is 29.2 Å². The summed E-state index contributed by atoms with van der Waals surface area (Å²) >= 11 is 0. The Morgan fingerprint density at radius 2 is 2.00 bits per heavy atom. The van der Waals surface area contributed by atoms with Crippen molar-refractivity contribution in [2.24, 2.45) is 5.92 Å². The molecule has 0 radical (unpaired) electrons. The first-order valence-electron chi connectivity index (χ1n) is 8.43. The summed E-state index contributed by atoms with van der Waals surface area (Å²) in [6.07, 6.45) is 4.88. The molecular formula is C18H24N2O3S. The van der Waals surface area contributed by atoms with E-state index in [4.69, 9.17) is 5.26 Å². The molecule has 0 heterocycles. The van der Waals surface area contributed by atoms with Crippen LogP contribution in [0, 0.1) is 17.2 Å². The summed E-state index contributed by atoms with van der Waals surface area (Å²) in [7, 11) is -3.39. The highest BCUT2D eigenvalue weighted by atomic mass is 32.2. The van der Waals surface area contributed by atoms with Gasteiger partial charge in [0, 0.05) is 18.0 Å². The number of sulfone groups is 1. The number of unbranched alkanes of at least 4 members (excludes halogenated alkanes) is 1. The van der Waals surface area contributed by atoms with Gasteiger partial charge < -0.3 is 5.32 Å². The normalized spacial score (nSPS) is 21.0. The molecule has 1 aromatic rings. The maximum absolute atomic E-state index is 12.3. The second-order valence-electron chi connectivity index (χ2n) is 6.55. The van der Waals surface area contributed by atoms with Gasteiger partial charge in [0.25, 0.3) is 5.91 Å². The Morgan fingerprint density at radius 3 is 2.62 bits per heavy atom. The van der Waals surface area contributed by atoms with Crippen LogP contribution in [0.4, 0.5) is 0 Å². The first-order chi connectivity index (χ1) is 11.4. The van der Waals surface area contributed by atoms with Crippen molar-refractivity contribution in [1.82, 2.24) is 5.32 Å². The number of benzene rings is 1. The second kappa shape index (κ2) is 8.29. The van der Waals surface area contributed by atoms with E-state index in [9.17, 15) is 13.2 Å². The zero-order chi connectivity index (χ0) is 17.6. The number of nitriles is 1. The number of carbonyl (C=O) groups is 1. The molecule has 2 rings (SSSR count). The number of hydrogen-bond acceptors (Lipinski definition) is 4. The molecule has 1 N–H and O–H groups in total. The van der Waals surface area contributed by atoms with Gasteiger partial charge in [0.2, 0.25) is 0 Å². The molecule has 1 fully saturated rings. The smallest absolute Gasteiger partial charge is 0.251 e. The average molecular weight is 348 g/mol. The molecule has 0 spiro atoms. The maximum atomic E-state index is 12.3. The predicted octanol–water partition coefficient (Wildman–Crippen LogP) is 3.07. The molecule has 1 aliphatic carbocycles. The third kappa shape index (κ3) is 5.07. The lowest BCUT2D eigenvalue weighted by Crippen LogP contribution is -2.37. The lowest BCUT2D eigenvalue weighted by atomic mass is 9.87. The summed E-state index contributed by atoms with van der Waals surface area (Å²) < 4.78 is 24.3. The van der Waals surface area contributed by atoms with Crippen molar-refractivity contribution in [2.45, 2.75) is 56.4 Å². The minimum absolute atomic E-state index is 0.0495. The van der Waals surface area contributed by atoms with Crippen molar-refractivity contribution < 1.29 is 13.2 Å². The highest BCUT2D eigenvalue weighted by Crippen LogP contribution is 2.24. The third-order valence-corrected chi connectivity index (χ3v) is 6.27. The van der Waals surface area contributed by atoms with Gasteiger partial charge in [-0.3, -0.25) is 4.79 Å². The van der Waals surface area contributed by atoms with Crippen molar-refractivity contribution in [3.63, 3.8) is 0 Å². The van der Waals surface area contributed by atoms with E-state index in [2.05, 4.69) is 12.2 Å². The van der Waals surface area contributed by atoms with Gasteiger partial charge in [-0.25, -0.2) is 8.42 Å². The molecule has 2 atom stereocenters.